The monoisotopic (exact) mass is 490 g/mol. The Balaban J connectivity index is 1.67. The second kappa shape index (κ2) is 9.35. The number of carbonyl (C=O) groups excluding carboxylic acids is 2. The van der Waals surface area contributed by atoms with Crippen molar-refractivity contribution in [3.63, 3.8) is 0 Å². The Morgan fingerprint density at radius 1 is 1.23 bits per heavy atom. The number of ether oxygens (including phenoxy) is 1. The van der Waals surface area contributed by atoms with Crippen LogP contribution in [0.4, 0.5) is 5.00 Å². The van der Waals surface area contributed by atoms with Crippen LogP contribution < -0.4 is 5.32 Å². The molecule has 1 N–H and O–H groups in total. The molecule has 1 aliphatic heterocycles. The quantitative estimate of drug-likeness (QED) is 0.609. The summed E-state index contributed by atoms with van der Waals surface area (Å²) in [6.45, 7) is 6.21. The predicted octanol–water partition coefficient (Wildman–Crippen LogP) is 4.30. The minimum absolute atomic E-state index is 0.207. The van der Waals surface area contributed by atoms with E-state index in [9.17, 15) is 18.0 Å². The molecule has 0 unspecified atom stereocenters. The van der Waals surface area contributed by atoms with Gasteiger partial charge in [0.15, 0.2) is 0 Å². The number of hydrogen-bond acceptors (Lipinski definition) is 7. The standard InChI is InChI=1S/C19H23ClN2O5S3/c1-4-27-19(24)16-11(2)12(3)28-18(16)21-17(23)13-7-9-22(10-8-13)30(25,26)15-6-5-14(20)29-15/h5-6,13H,4,7-10H2,1-3H3,(H,21,23). The van der Waals surface area contributed by atoms with Crippen LogP contribution in [0.15, 0.2) is 16.3 Å². The molecule has 0 spiro atoms. The maximum absolute atomic E-state index is 12.8. The van der Waals surface area contributed by atoms with E-state index in [0.717, 1.165) is 21.8 Å². The molecule has 0 saturated carbocycles. The molecule has 11 heteroatoms. The zero-order valence-electron chi connectivity index (χ0n) is 16.9. The number of anilines is 1. The summed E-state index contributed by atoms with van der Waals surface area (Å²) < 4.78 is 32.6. The summed E-state index contributed by atoms with van der Waals surface area (Å²) in [5.41, 5.74) is 1.19. The summed E-state index contributed by atoms with van der Waals surface area (Å²) in [7, 11) is -3.60. The van der Waals surface area contributed by atoms with Crippen molar-refractivity contribution in [1.29, 1.82) is 0 Å². The number of thiophene rings is 2. The van der Waals surface area contributed by atoms with Crippen LogP contribution >= 0.6 is 34.3 Å². The van der Waals surface area contributed by atoms with Crippen LogP contribution in [0, 0.1) is 19.8 Å². The Kier molecular flexibility index (Phi) is 7.24. The Bertz CT molecular complexity index is 1050. The molecular weight excluding hydrogens is 468 g/mol. The molecule has 0 aliphatic carbocycles. The highest BCUT2D eigenvalue weighted by Gasteiger charge is 2.33. The van der Waals surface area contributed by atoms with Crippen LogP contribution in [-0.2, 0) is 19.6 Å². The number of piperidine rings is 1. The van der Waals surface area contributed by atoms with Crippen molar-refractivity contribution in [2.45, 2.75) is 37.8 Å². The molecule has 1 aliphatic rings. The van der Waals surface area contributed by atoms with Gasteiger partial charge in [-0.15, -0.1) is 22.7 Å². The molecule has 164 valence electrons. The van der Waals surface area contributed by atoms with E-state index in [1.165, 1.54) is 21.7 Å². The van der Waals surface area contributed by atoms with Crippen molar-refractivity contribution in [1.82, 2.24) is 4.31 Å². The van der Waals surface area contributed by atoms with Gasteiger partial charge in [-0.2, -0.15) is 4.31 Å². The number of carbonyl (C=O) groups is 2. The van der Waals surface area contributed by atoms with Gasteiger partial charge in [-0.25, -0.2) is 13.2 Å². The number of nitrogens with zero attached hydrogens (tertiary/aromatic N) is 1. The van der Waals surface area contributed by atoms with Gasteiger partial charge in [0, 0.05) is 23.9 Å². The molecule has 3 heterocycles. The number of amides is 1. The van der Waals surface area contributed by atoms with Crippen molar-refractivity contribution in [2.24, 2.45) is 5.92 Å². The predicted molar refractivity (Wildman–Crippen MR) is 119 cm³/mol. The average molecular weight is 491 g/mol. The average Bonchev–Trinajstić information content (AvgIpc) is 3.26. The molecule has 0 radical (unpaired) electrons. The van der Waals surface area contributed by atoms with Crippen LogP contribution in [0.1, 0.15) is 40.6 Å². The first kappa shape index (κ1) is 23.2. The minimum Gasteiger partial charge on any atom is -0.462 e. The first-order valence-corrected chi connectivity index (χ1v) is 12.9. The zero-order valence-corrected chi connectivity index (χ0v) is 20.1. The molecule has 0 aromatic carbocycles. The van der Waals surface area contributed by atoms with Crippen LogP contribution in [0.25, 0.3) is 0 Å². The van der Waals surface area contributed by atoms with Gasteiger partial charge in [0.1, 0.15) is 9.21 Å². The summed E-state index contributed by atoms with van der Waals surface area (Å²) >= 11 is 8.23. The fraction of sp³-hybridized carbons (Fsp3) is 0.474. The molecule has 2 aromatic heterocycles. The molecule has 1 fully saturated rings. The summed E-state index contributed by atoms with van der Waals surface area (Å²) in [6, 6.07) is 3.06. The number of sulfonamides is 1. The van der Waals surface area contributed by atoms with E-state index in [1.807, 2.05) is 13.8 Å². The molecule has 3 rings (SSSR count). The third-order valence-corrected chi connectivity index (χ3v) is 9.79. The van der Waals surface area contributed by atoms with Gasteiger partial charge in [0.05, 0.1) is 16.5 Å². The molecule has 1 saturated heterocycles. The second-order valence-electron chi connectivity index (χ2n) is 6.93. The van der Waals surface area contributed by atoms with Crippen LogP contribution in [-0.4, -0.2) is 44.3 Å². The molecule has 2 aromatic rings. The first-order valence-electron chi connectivity index (χ1n) is 9.48. The fourth-order valence-corrected chi connectivity index (χ4v) is 7.46. The van der Waals surface area contributed by atoms with Crippen molar-refractivity contribution in [3.05, 3.63) is 32.5 Å². The highest BCUT2D eigenvalue weighted by molar-refractivity contribution is 7.91. The maximum Gasteiger partial charge on any atom is 0.341 e. The summed E-state index contributed by atoms with van der Waals surface area (Å²) in [5, 5.41) is 3.35. The molecule has 0 atom stereocenters. The normalized spacial score (nSPS) is 15.9. The van der Waals surface area contributed by atoms with Crippen molar-refractivity contribution in [3.8, 4) is 0 Å². The topological polar surface area (TPSA) is 92.8 Å². The number of esters is 1. The highest BCUT2D eigenvalue weighted by atomic mass is 35.5. The lowest BCUT2D eigenvalue weighted by Gasteiger charge is -2.30. The highest BCUT2D eigenvalue weighted by Crippen LogP contribution is 2.35. The Morgan fingerprint density at radius 3 is 2.47 bits per heavy atom. The Labute approximate surface area is 189 Å². The van der Waals surface area contributed by atoms with E-state index in [-0.39, 0.29) is 35.7 Å². The lowest BCUT2D eigenvalue weighted by molar-refractivity contribution is -0.120. The SMILES string of the molecule is CCOC(=O)c1c(NC(=O)C2CCN(S(=O)(=O)c3ccc(Cl)s3)CC2)sc(C)c1C. The van der Waals surface area contributed by atoms with Crippen LogP contribution in [0.3, 0.4) is 0 Å². The number of hydrogen-bond donors (Lipinski definition) is 1. The summed E-state index contributed by atoms with van der Waals surface area (Å²) in [5.74, 6) is -0.996. The van der Waals surface area contributed by atoms with Gasteiger partial charge >= 0.3 is 5.97 Å². The smallest absolute Gasteiger partial charge is 0.341 e. The van der Waals surface area contributed by atoms with Gasteiger partial charge in [-0.3, -0.25) is 4.79 Å². The van der Waals surface area contributed by atoms with Gasteiger partial charge in [0.2, 0.25) is 5.91 Å². The Hall–Kier alpha value is -1.46. The van der Waals surface area contributed by atoms with Gasteiger partial charge in [-0.05, 0) is 51.3 Å². The number of nitrogens with one attached hydrogen (secondary N) is 1. The van der Waals surface area contributed by atoms with E-state index in [2.05, 4.69) is 5.32 Å². The zero-order chi connectivity index (χ0) is 22.1. The second-order valence-corrected chi connectivity index (χ2v) is 12.0. The van der Waals surface area contributed by atoms with Crippen molar-refractivity contribution in [2.75, 3.05) is 25.0 Å². The Morgan fingerprint density at radius 2 is 1.90 bits per heavy atom. The number of aryl methyl sites for hydroxylation is 1. The van der Waals surface area contributed by atoms with E-state index >= 15 is 0 Å². The molecule has 1 amide bonds. The van der Waals surface area contributed by atoms with E-state index in [1.54, 1.807) is 13.0 Å². The molecule has 30 heavy (non-hydrogen) atoms. The molecule has 0 bridgehead atoms. The first-order chi connectivity index (χ1) is 14.1. The summed E-state index contributed by atoms with van der Waals surface area (Å²) in [4.78, 5) is 26.0. The van der Waals surface area contributed by atoms with Gasteiger partial charge < -0.3 is 10.1 Å². The minimum atomic E-state index is -3.60. The van der Waals surface area contributed by atoms with E-state index < -0.39 is 16.0 Å². The maximum atomic E-state index is 12.8. The molecule has 7 nitrogen and oxygen atoms in total. The van der Waals surface area contributed by atoms with Gasteiger partial charge in [0.25, 0.3) is 10.0 Å². The lowest BCUT2D eigenvalue weighted by atomic mass is 9.97. The van der Waals surface area contributed by atoms with E-state index in [4.69, 9.17) is 16.3 Å². The summed E-state index contributed by atoms with van der Waals surface area (Å²) in [6.07, 6.45) is 0.810. The van der Waals surface area contributed by atoms with E-state index in [0.29, 0.717) is 27.7 Å². The van der Waals surface area contributed by atoms with Crippen LogP contribution in [0.5, 0.6) is 0 Å². The molecular formula is C19H23ClN2O5S3. The van der Waals surface area contributed by atoms with Gasteiger partial charge in [-0.1, -0.05) is 11.6 Å². The largest absolute Gasteiger partial charge is 0.462 e. The number of halogens is 1. The lowest BCUT2D eigenvalue weighted by Crippen LogP contribution is -2.41. The number of rotatable bonds is 6. The van der Waals surface area contributed by atoms with Crippen LogP contribution in [0.2, 0.25) is 4.34 Å². The third-order valence-electron chi connectivity index (χ3n) is 5.07. The van der Waals surface area contributed by atoms with Crippen molar-refractivity contribution >= 4 is 61.2 Å². The fourth-order valence-electron chi connectivity index (χ4n) is 3.30. The van der Waals surface area contributed by atoms with Crippen molar-refractivity contribution < 1.29 is 22.7 Å². The third kappa shape index (κ3) is 4.72.